The third-order valence-electron chi connectivity index (χ3n) is 3.26. The van der Waals surface area contributed by atoms with Crippen molar-refractivity contribution in [2.75, 3.05) is 7.05 Å². The maximum Gasteiger partial charge on any atom is 0.246 e. The Morgan fingerprint density at radius 3 is 2.58 bits per heavy atom. The monoisotopic (exact) mass is 300 g/mol. The van der Waals surface area contributed by atoms with Crippen LogP contribution in [0.25, 0.3) is 0 Å². The predicted octanol–water partition coefficient (Wildman–Crippen LogP) is 2.40. The van der Waals surface area contributed by atoms with Gasteiger partial charge in [-0.15, -0.1) is 0 Å². The van der Waals surface area contributed by atoms with Gasteiger partial charge in [-0.05, 0) is 24.6 Å². The number of halogens is 2. The Morgan fingerprint density at radius 1 is 1.37 bits per heavy atom. The van der Waals surface area contributed by atoms with Crippen molar-refractivity contribution in [3.63, 3.8) is 0 Å². The molecular formula is C13H14Cl2N2O2. The molecule has 2 rings (SSSR count). The quantitative estimate of drug-likeness (QED) is 0.872. The van der Waals surface area contributed by atoms with E-state index in [4.69, 9.17) is 23.2 Å². The third-order valence-corrected chi connectivity index (χ3v) is 3.82. The van der Waals surface area contributed by atoms with Crippen LogP contribution in [0.15, 0.2) is 18.2 Å². The van der Waals surface area contributed by atoms with E-state index in [0.29, 0.717) is 10.0 Å². The van der Waals surface area contributed by atoms with Gasteiger partial charge >= 0.3 is 0 Å². The van der Waals surface area contributed by atoms with Crippen LogP contribution in [0.3, 0.4) is 0 Å². The highest BCUT2D eigenvalue weighted by molar-refractivity contribution is 6.35. The summed E-state index contributed by atoms with van der Waals surface area (Å²) < 4.78 is 0. The number of carbonyl (C=O) groups excluding carboxylic acids is 2. The maximum absolute atomic E-state index is 11.8. The van der Waals surface area contributed by atoms with E-state index in [2.05, 4.69) is 5.32 Å². The first kappa shape index (κ1) is 14.3. The maximum atomic E-state index is 11.8. The molecule has 2 unspecified atom stereocenters. The van der Waals surface area contributed by atoms with E-state index in [1.165, 1.54) is 7.05 Å². The first-order chi connectivity index (χ1) is 8.90. The van der Waals surface area contributed by atoms with Crippen molar-refractivity contribution < 1.29 is 9.59 Å². The van der Waals surface area contributed by atoms with E-state index in [9.17, 15) is 9.59 Å². The lowest BCUT2D eigenvalue weighted by molar-refractivity contribution is -0.137. The predicted molar refractivity (Wildman–Crippen MR) is 74.2 cm³/mol. The minimum atomic E-state index is -0.487. The molecule has 0 bridgehead atoms. The summed E-state index contributed by atoms with van der Waals surface area (Å²) in [4.78, 5) is 24.4. The normalized spacial score (nSPS) is 21.1. The van der Waals surface area contributed by atoms with Crippen molar-refractivity contribution in [1.82, 2.24) is 10.2 Å². The first-order valence-electron chi connectivity index (χ1n) is 5.91. The highest BCUT2D eigenvalue weighted by Gasteiger charge is 2.36. The van der Waals surface area contributed by atoms with Crippen molar-refractivity contribution in [1.29, 1.82) is 0 Å². The van der Waals surface area contributed by atoms with Gasteiger partial charge in [0.25, 0.3) is 0 Å². The molecule has 6 heteroatoms. The molecule has 4 nitrogen and oxygen atoms in total. The molecule has 0 saturated carbocycles. The molecule has 1 aliphatic heterocycles. The van der Waals surface area contributed by atoms with Gasteiger partial charge in [0.15, 0.2) is 0 Å². The number of nitrogens with zero attached hydrogens (tertiary/aromatic N) is 1. The van der Waals surface area contributed by atoms with Crippen LogP contribution < -0.4 is 5.32 Å². The Hall–Kier alpha value is -1.10. The lowest BCUT2D eigenvalue weighted by Gasteiger charge is -2.19. The van der Waals surface area contributed by atoms with Crippen LogP contribution in [0.1, 0.15) is 24.9 Å². The number of nitrogens with one attached hydrogen (secondary N) is 1. The second-order valence-corrected chi connectivity index (χ2v) is 5.45. The molecular weight excluding hydrogens is 287 g/mol. The number of benzene rings is 1. The summed E-state index contributed by atoms with van der Waals surface area (Å²) in [5, 5.41) is 4.23. The highest BCUT2D eigenvalue weighted by Crippen LogP contribution is 2.27. The summed E-state index contributed by atoms with van der Waals surface area (Å²) in [5.74, 6) is -0.376. The summed E-state index contributed by atoms with van der Waals surface area (Å²) in [5.41, 5.74) is 0.848. The molecule has 1 aromatic carbocycles. The van der Waals surface area contributed by atoms with Crippen LogP contribution >= 0.6 is 23.2 Å². The van der Waals surface area contributed by atoms with Crippen molar-refractivity contribution in [3.8, 4) is 0 Å². The van der Waals surface area contributed by atoms with E-state index >= 15 is 0 Å². The number of rotatable bonds is 3. The van der Waals surface area contributed by atoms with Crippen molar-refractivity contribution in [2.45, 2.75) is 25.4 Å². The van der Waals surface area contributed by atoms with E-state index in [1.807, 2.05) is 13.0 Å². The molecule has 0 aromatic heterocycles. The van der Waals surface area contributed by atoms with E-state index < -0.39 is 6.04 Å². The smallest absolute Gasteiger partial charge is 0.246 e. The minimum Gasteiger partial charge on any atom is -0.299 e. The Balaban J connectivity index is 2.11. The molecule has 1 saturated heterocycles. The van der Waals surface area contributed by atoms with Gasteiger partial charge in [-0.2, -0.15) is 0 Å². The molecule has 19 heavy (non-hydrogen) atoms. The van der Waals surface area contributed by atoms with Crippen molar-refractivity contribution >= 4 is 35.0 Å². The SMILES string of the molecule is CC(NC1CC(=O)N(C)C1=O)c1ccc(Cl)cc1Cl. The zero-order valence-corrected chi connectivity index (χ0v) is 12.1. The zero-order chi connectivity index (χ0) is 14.2. The van der Waals surface area contributed by atoms with Gasteiger partial charge in [-0.3, -0.25) is 19.8 Å². The Kier molecular flexibility index (Phi) is 4.13. The summed E-state index contributed by atoms with van der Waals surface area (Å²) >= 11 is 12.0. The van der Waals surface area contributed by atoms with Gasteiger partial charge in [0, 0.05) is 23.1 Å². The molecule has 1 N–H and O–H groups in total. The topological polar surface area (TPSA) is 49.4 Å². The van der Waals surface area contributed by atoms with Gasteiger partial charge in [-0.25, -0.2) is 0 Å². The molecule has 1 aromatic rings. The highest BCUT2D eigenvalue weighted by atomic mass is 35.5. The molecule has 2 amide bonds. The second kappa shape index (κ2) is 5.49. The summed E-state index contributed by atoms with van der Waals surface area (Å²) in [7, 11) is 1.49. The summed E-state index contributed by atoms with van der Waals surface area (Å²) in [6.45, 7) is 1.89. The van der Waals surface area contributed by atoms with E-state index in [1.54, 1.807) is 12.1 Å². The number of hydrogen-bond donors (Lipinski definition) is 1. The largest absolute Gasteiger partial charge is 0.299 e. The molecule has 2 atom stereocenters. The van der Waals surface area contributed by atoms with Gasteiger partial charge in [-0.1, -0.05) is 29.3 Å². The standard InChI is InChI=1S/C13H14Cl2N2O2/c1-7(9-4-3-8(14)5-10(9)15)16-11-6-12(18)17(2)13(11)19/h3-5,7,11,16H,6H2,1-2H3. The van der Waals surface area contributed by atoms with Crippen molar-refractivity contribution in [3.05, 3.63) is 33.8 Å². The fourth-order valence-corrected chi connectivity index (χ4v) is 2.70. The average Bonchev–Trinajstić information content (AvgIpc) is 2.57. The fraction of sp³-hybridized carbons (Fsp3) is 0.385. The molecule has 0 aliphatic carbocycles. The number of hydrogen-bond acceptors (Lipinski definition) is 3. The lowest BCUT2D eigenvalue weighted by Crippen LogP contribution is -2.38. The Morgan fingerprint density at radius 2 is 2.05 bits per heavy atom. The Bertz CT molecular complexity index is 533. The van der Waals surface area contributed by atoms with Gasteiger partial charge in [0.05, 0.1) is 12.5 Å². The van der Waals surface area contributed by atoms with Crippen LogP contribution in [-0.2, 0) is 9.59 Å². The molecule has 1 aliphatic rings. The van der Waals surface area contributed by atoms with E-state index in [-0.39, 0.29) is 24.3 Å². The zero-order valence-electron chi connectivity index (χ0n) is 10.6. The summed E-state index contributed by atoms with van der Waals surface area (Å²) in [6, 6.07) is 4.59. The average molecular weight is 301 g/mol. The number of amides is 2. The number of carbonyl (C=O) groups is 2. The van der Waals surface area contributed by atoms with Gasteiger partial charge < -0.3 is 0 Å². The molecule has 1 fully saturated rings. The molecule has 0 radical (unpaired) electrons. The number of imide groups is 1. The molecule has 1 heterocycles. The van der Waals surface area contributed by atoms with Crippen LogP contribution in [0, 0.1) is 0 Å². The second-order valence-electron chi connectivity index (χ2n) is 4.60. The molecule has 102 valence electrons. The summed E-state index contributed by atoms with van der Waals surface area (Å²) in [6.07, 6.45) is 0.185. The first-order valence-corrected chi connectivity index (χ1v) is 6.67. The Labute approximate surface area is 121 Å². The van der Waals surface area contributed by atoms with Crippen LogP contribution in [0.4, 0.5) is 0 Å². The minimum absolute atomic E-state index is 0.141. The van der Waals surface area contributed by atoms with Crippen molar-refractivity contribution in [2.24, 2.45) is 0 Å². The van der Waals surface area contributed by atoms with Gasteiger partial charge in [0.2, 0.25) is 11.8 Å². The molecule has 0 spiro atoms. The lowest BCUT2D eigenvalue weighted by atomic mass is 10.1. The van der Waals surface area contributed by atoms with Gasteiger partial charge in [0.1, 0.15) is 0 Å². The van der Waals surface area contributed by atoms with Crippen LogP contribution in [-0.4, -0.2) is 29.8 Å². The number of likely N-dealkylation sites (N-methyl/N-ethyl adjacent to an activating group) is 1. The third kappa shape index (κ3) is 2.91. The van der Waals surface area contributed by atoms with E-state index in [0.717, 1.165) is 10.5 Å². The van der Waals surface area contributed by atoms with Crippen LogP contribution in [0.5, 0.6) is 0 Å². The number of likely N-dealkylation sites (tertiary alicyclic amines) is 1. The van der Waals surface area contributed by atoms with Crippen LogP contribution in [0.2, 0.25) is 10.0 Å². The fourth-order valence-electron chi connectivity index (χ4n) is 2.13.